The standard InChI is InChI=1S/C26H29N3O5S2/c1-18-5-9-22(10-6-18)16-35(31,32)26(36(33,34)17-23-11-7-19(2)8-12-23)29-28-25(30)27-24-14-20(3)13-21(4)15-24/h5-15H,16-17H2,1-4H3,(H2,27,28,30). The Balaban J connectivity index is 1.93. The third-order valence-corrected chi connectivity index (χ3v) is 9.41. The van der Waals surface area contributed by atoms with Crippen molar-refractivity contribution in [1.29, 1.82) is 0 Å². The molecule has 0 fully saturated rings. The number of hydrogen-bond acceptors (Lipinski definition) is 6. The van der Waals surface area contributed by atoms with E-state index in [4.69, 9.17) is 0 Å². The van der Waals surface area contributed by atoms with Gasteiger partial charge in [-0.05, 0) is 62.1 Å². The van der Waals surface area contributed by atoms with E-state index in [9.17, 15) is 21.6 Å². The number of amides is 2. The number of anilines is 1. The summed E-state index contributed by atoms with van der Waals surface area (Å²) in [5.74, 6) is -1.17. The topological polar surface area (TPSA) is 122 Å². The summed E-state index contributed by atoms with van der Waals surface area (Å²) >= 11 is 0. The van der Waals surface area contributed by atoms with Gasteiger partial charge >= 0.3 is 6.03 Å². The number of nitrogens with one attached hydrogen (secondary N) is 2. The van der Waals surface area contributed by atoms with E-state index in [-0.39, 0.29) is 0 Å². The van der Waals surface area contributed by atoms with E-state index in [2.05, 4.69) is 15.8 Å². The molecular weight excluding hydrogens is 498 g/mol. The summed E-state index contributed by atoms with van der Waals surface area (Å²) in [6.07, 6.45) is 0. The highest BCUT2D eigenvalue weighted by atomic mass is 32.3. The molecule has 2 N–H and O–H groups in total. The quantitative estimate of drug-likeness (QED) is 0.277. The molecule has 190 valence electrons. The van der Waals surface area contributed by atoms with E-state index in [1.165, 1.54) is 0 Å². The minimum atomic E-state index is -4.44. The first-order valence-electron chi connectivity index (χ1n) is 11.1. The molecule has 3 aromatic carbocycles. The highest BCUT2D eigenvalue weighted by Crippen LogP contribution is 2.17. The van der Waals surface area contributed by atoms with Gasteiger partial charge in [0.1, 0.15) is 0 Å². The minimum Gasteiger partial charge on any atom is -0.307 e. The zero-order valence-corrected chi connectivity index (χ0v) is 22.2. The van der Waals surface area contributed by atoms with Crippen LogP contribution in [-0.4, -0.2) is 27.2 Å². The smallest absolute Gasteiger partial charge is 0.307 e. The Kier molecular flexibility index (Phi) is 8.31. The molecule has 0 unspecified atom stereocenters. The number of hydrogen-bond donors (Lipinski definition) is 2. The lowest BCUT2D eigenvalue weighted by Crippen LogP contribution is -2.32. The van der Waals surface area contributed by atoms with Crippen molar-refractivity contribution in [2.45, 2.75) is 39.2 Å². The van der Waals surface area contributed by atoms with E-state index in [1.807, 2.05) is 33.8 Å². The summed E-state index contributed by atoms with van der Waals surface area (Å²) in [6.45, 7) is 7.44. The normalized spacial score (nSPS) is 11.6. The van der Waals surface area contributed by atoms with Crippen LogP contribution in [0.5, 0.6) is 0 Å². The van der Waals surface area contributed by atoms with Crippen molar-refractivity contribution in [1.82, 2.24) is 5.43 Å². The number of carbonyl (C=O) groups excluding carboxylic acids is 1. The van der Waals surface area contributed by atoms with Crippen LogP contribution in [-0.2, 0) is 31.2 Å². The van der Waals surface area contributed by atoms with Gasteiger partial charge in [0.15, 0.2) is 0 Å². The lowest BCUT2D eigenvalue weighted by atomic mass is 10.1. The Bertz CT molecular complexity index is 1390. The summed E-state index contributed by atoms with van der Waals surface area (Å²) < 4.78 is 51.9. The van der Waals surface area contributed by atoms with Gasteiger partial charge in [0, 0.05) is 5.69 Å². The van der Waals surface area contributed by atoms with Crippen LogP contribution in [0.3, 0.4) is 0 Å². The molecule has 0 saturated heterocycles. The van der Waals surface area contributed by atoms with E-state index < -0.39 is 41.6 Å². The average molecular weight is 528 g/mol. The molecule has 0 saturated carbocycles. The lowest BCUT2D eigenvalue weighted by Gasteiger charge is -2.11. The Hall–Kier alpha value is -3.50. The van der Waals surface area contributed by atoms with Crippen LogP contribution in [0.25, 0.3) is 0 Å². The van der Waals surface area contributed by atoms with Crippen molar-refractivity contribution in [3.8, 4) is 0 Å². The number of nitrogens with zero attached hydrogens (tertiary/aromatic N) is 1. The van der Waals surface area contributed by atoms with Gasteiger partial charge < -0.3 is 5.32 Å². The van der Waals surface area contributed by atoms with Crippen LogP contribution in [0.2, 0.25) is 0 Å². The molecule has 36 heavy (non-hydrogen) atoms. The second-order valence-electron chi connectivity index (χ2n) is 8.81. The Morgan fingerprint density at radius 3 is 1.50 bits per heavy atom. The highest BCUT2D eigenvalue weighted by molar-refractivity contribution is 8.30. The number of aryl methyl sites for hydroxylation is 4. The van der Waals surface area contributed by atoms with Crippen LogP contribution in [0.4, 0.5) is 10.5 Å². The van der Waals surface area contributed by atoms with Crippen LogP contribution < -0.4 is 10.7 Å². The summed E-state index contributed by atoms with van der Waals surface area (Å²) in [6, 6.07) is 17.9. The number of benzene rings is 3. The predicted octanol–water partition coefficient (Wildman–Crippen LogP) is 4.54. The number of hydrazone groups is 1. The maximum Gasteiger partial charge on any atom is 0.339 e. The van der Waals surface area contributed by atoms with Gasteiger partial charge in [0.25, 0.3) is 4.38 Å². The Morgan fingerprint density at radius 2 is 1.08 bits per heavy atom. The van der Waals surface area contributed by atoms with Crippen molar-refractivity contribution in [3.63, 3.8) is 0 Å². The molecule has 8 nitrogen and oxygen atoms in total. The predicted molar refractivity (Wildman–Crippen MR) is 143 cm³/mol. The molecule has 0 spiro atoms. The third kappa shape index (κ3) is 7.50. The van der Waals surface area contributed by atoms with Gasteiger partial charge in [-0.1, -0.05) is 65.7 Å². The Labute approximate surface area is 212 Å². The van der Waals surface area contributed by atoms with Gasteiger partial charge in [-0.2, -0.15) is 0 Å². The van der Waals surface area contributed by atoms with Crippen molar-refractivity contribution in [2.75, 3.05) is 5.32 Å². The molecule has 0 bridgehead atoms. The van der Waals surface area contributed by atoms with Crippen LogP contribution in [0.1, 0.15) is 33.4 Å². The number of sulfone groups is 2. The van der Waals surface area contributed by atoms with Crippen LogP contribution >= 0.6 is 0 Å². The number of carbonyl (C=O) groups is 1. The first-order valence-corrected chi connectivity index (χ1v) is 14.4. The van der Waals surface area contributed by atoms with Gasteiger partial charge in [-0.15, -0.1) is 5.10 Å². The fourth-order valence-corrected chi connectivity index (χ4v) is 7.35. The molecular formula is C26H29N3O5S2. The first kappa shape index (κ1) is 27.1. The van der Waals surface area contributed by atoms with Crippen molar-refractivity contribution >= 4 is 35.8 Å². The van der Waals surface area contributed by atoms with Crippen molar-refractivity contribution in [3.05, 3.63) is 100 Å². The molecule has 0 aliphatic heterocycles. The molecule has 10 heteroatoms. The summed E-state index contributed by atoms with van der Waals surface area (Å²) in [5, 5.41) is 6.16. The van der Waals surface area contributed by atoms with E-state index >= 15 is 0 Å². The molecule has 2 amide bonds. The zero-order valence-electron chi connectivity index (χ0n) is 20.6. The first-order chi connectivity index (χ1) is 16.8. The van der Waals surface area contributed by atoms with E-state index in [0.717, 1.165) is 22.3 Å². The summed E-state index contributed by atoms with van der Waals surface area (Å²) in [7, 11) is -8.87. The van der Waals surface area contributed by atoms with Gasteiger partial charge in [-0.25, -0.2) is 27.1 Å². The zero-order chi connectivity index (χ0) is 26.5. The van der Waals surface area contributed by atoms with Crippen molar-refractivity contribution in [2.24, 2.45) is 5.10 Å². The maximum absolute atomic E-state index is 13.3. The largest absolute Gasteiger partial charge is 0.339 e. The fraction of sp³-hybridized carbons (Fsp3) is 0.231. The number of urea groups is 1. The number of rotatable bonds is 6. The van der Waals surface area contributed by atoms with Gasteiger partial charge in [0.2, 0.25) is 19.7 Å². The molecule has 0 atom stereocenters. The average Bonchev–Trinajstić information content (AvgIpc) is 2.75. The molecule has 0 heterocycles. The second-order valence-corrected chi connectivity index (χ2v) is 12.9. The molecule has 3 rings (SSSR count). The molecule has 0 aliphatic rings. The fourth-order valence-electron chi connectivity index (χ4n) is 3.57. The van der Waals surface area contributed by atoms with Crippen molar-refractivity contribution < 1.29 is 21.6 Å². The SMILES string of the molecule is Cc1ccc(CS(=O)(=O)C(=NNC(=O)Nc2cc(C)cc(C)c2)S(=O)(=O)Cc2ccc(C)cc2)cc1. The van der Waals surface area contributed by atoms with Crippen LogP contribution in [0.15, 0.2) is 71.8 Å². The van der Waals surface area contributed by atoms with Gasteiger partial charge in [0.05, 0.1) is 11.5 Å². The lowest BCUT2D eigenvalue weighted by molar-refractivity contribution is 0.252. The monoisotopic (exact) mass is 527 g/mol. The summed E-state index contributed by atoms with van der Waals surface area (Å²) in [4.78, 5) is 12.5. The Morgan fingerprint density at radius 1 is 0.667 bits per heavy atom. The molecule has 3 aromatic rings. The minimum absolute atomic E-state index is 0.401. The molecule has 0 radical (unpaired) electrons. The maximum atomic E-state index is 13.3. The van der Waals surface area contributed by atoms with E-state index in [0.29, 0.717) is 16.8 Å². The molecule has 0 aliphatic carbocycles. The van der Waals surface area contributed by atoms with Gasteiger partial charge in [-0.3, -0.25) is 0 Å². The van der Waals surface area contributed by atoms with E-state index in [1.54, 1.807) is 60.7 Å². The van der Waals surface area contributed by atoms with Crippen LogP contribution in [0, 0.1) is 27.7 Å². The summed E-state index contributed by atoms with van der Waals surface area (Å²) in [5.41, 5.74) is 7.01. The highest BCUT2D eigenvalue weighted by Gasteiger charge is 2.34. The molecule has 0 aromatic heterocycles. The third-order valence-electron chi connectivity index (χ3n) is 5.21. The second kappa shape index (κ2) is 11.0.